The van der Waals surface area contributed by atoms with Crippen LogP contribution in [0.15, 0.2) is 0 Å². The zero-order valence-electron chi connectivity index (χ0n) is 11.5. The van der Waals surface area contributed by atoms with Gasteiger partial charge < -0.3 is 10.6 Å². The molecular formula is C11H25ClN2O3S. The van der Waals surface area contributed by atoms with Crippen LogP contribution in [0.25, 0.3) is 0 Å². The molecular weight excluding hydrogens is 276 g/mol. The van der Waals surface area contributed by atoms with E-state index in [1.165, 1.54) is 11.8 Å². The highest BCUT2D eigenvalue weighted by Crippen LogP contribution is 2.04. The minimum atomic E-state index is -3.24. The van der Waals surface area contributed by atoms with E-state index in [-0.39, 0.29) is 30.1 Å². The molecule has 0 rings (SSSR count). The van der Waals surface area contributed by atoms with Gasteiger partial charge in [0.1, 0.15) is 5.75 Å². The van der Waals surface area contributed by atoms with Crippen molar-refractivity contribution >= 4 is 28.2 Å². The van der Waals surface area contributed by atoms with Crippen LogP contribution in [0.3, 0.4) is 0 Å². The molecule has 2 N–H and O–H groups in total. The molecule has 0 bridgehead atoms. The first-order valence-corrected chi connectivity index (χ1v) is 7.71. The Kier molecular flexibility index (Phi) is 9.68. The van der Waals surface area contributed by atoms with Gasteiger partial charge in [-0.1, -0.05) is 20.8 Å². The van der Waals surface area contributed by atoms with Crippen molar-refractivity contribution in [3.05, 3.63) is 0 Å². The monoisotopic (exact) mass is 300 g/mol. The van der Waals surface area contributed by atoms with Crippen molar-refractivity contribution in [2.45, 2.75) is 33.2 Å². The largest absolute Gasteiger partial charge is 0.345 e. The SMILES string of the molecule is CCS(=O)(=O)CC(=O)N(C)CCC(N)C(C)C.Cl. The van der Waals surface area contributed by atoms with E-state index in [0.29, 0.717) is 18.9 Å². The highest BCUT2D eigenvalue weighted by atomic mass is 35.5. The second-order valence-corrected chi connectivity index (χ2v) is 7.04. The molecule has 0 radical (unpaired) electrons. The van der Waals surface area contributed by atoms with Crippen molar-refractivity contribution in [2.75, 3.05) is 25.1 Å². The molecule has 0 aromatic carbocycles. The van der Waals surface area contributed by atoms with Crippen LogP contribution in [-0.2, 0) is 14.6 Å². The summed E-state index contributed by atoms with van der Waals surface area (Å²) in [5.41, 5.74) is 5.86. The van der Waals surface area contributed by atoms with Crippen molar-refractivity contribution in [1.29, 1.82) is 0 Å². The summed E-state index contributed by atoms with van der Waals surface area (Å²) < 4.78 is 22.6. The van der Waals surface area contributed by atoms with Gasteiger partial charge in [-0.25, -0.2) is 8.42 Å². The number of sulfone groups is 1. The molecule has 0 fully saturated rings. The summed E-state index contributed by atoms with van der Waals surface area (Å²) in [6, 6.07) is 0.0352. The molecule has 7 heteroatoms. The number of halogens is 1. The summed E-state index contributed by atoms with van der Waals surface area (Å²) in [7, 11) is -1.63. The lowest BCUT2D eigenvalue weighted by molar-refractivity contribution is -0.127. The highest BCUT2D eigenvalue weighted by molar-refractivity contribution is 7.92. The fourth-order valence-electron chi connectivity index (χ4n) is 1.20. The summed E-state index contributed by atoms with van der Waals surface area (Å²) >= 11 is 0. The average Bonchev–Trinajstić information content (AvgIpc) is 2.24. The lowest BCUT2D eigenvalue weighted by atomic mass is 10.0. The normalized spacial score (nSPS) is 13.0. The Balaban J connectivity index is 0. The molecule has 18 heavy (non-hydrogen) atoms. The Morgan fingerprint density at radius 3 is 2.22 bits per heavy atom. The summed E-state index contributed by atoms with van der Waals surface area (Å²) in [6.45, 7) is 6.08. The molecule has 5 nitrogen and oxygen atoms in total. The number of nitrogens with zero attached hydrogens (tertiary/aromatic N) is 1. The third-order valence-corrected chi connectivity index (χ3v) is 4.43. The average molecular weight is 301 g/mol. The van der Waals surface area contributed by atoms with Crippen LogP contribution in [0.2, 0.25) is 0 Å². The number of hydrogen-bond acceptors (Lipinski definition) is 4. The maximum atomic E-state index is 11.6. The van der Waals surface area contributed by atoms with Gasteiger partial charge in [-0.2, -0.15) is 0 Å². The van der Waals surface area contributed by atoms with Crippen LogP contribution in [-0.4, -0.2) is 50.4 Å². The molecule has 0 aliphatic carbocycles. The second-order valence-electron chi connectivity index (χ2n) is 4.69. The molecule has 0 aliphatic heterocycles. The van der Waals surface area contributed by atoms with E-state index >= 15 is 0 Å². The minimum absolute atomic E-state index is 0. The van der Waals surface area contributed by atoms with Crippen LogP contribution in [0.5, 0.6) is 0 Å². The molecule has 0 saturated carbocycles. The first-order valence-electron chi connectivity index (χ1n) is 5.89. The van der Waals surface area contributed by atoms with E-state index in [9.17, 15) is 13.2 Å². The lowest BCUT2D eigenvalue weighted by Crippen LogP contribution is -2.37. The molecule has 0 heterocycles. The number of rotatable bonds is 7. The summed E-state index contributed by atoms with van der Waals surface area (Å²) in [5, 5.41) is 0. The van der Waals surface area contributed by atoms with Crippen LogP contribution in [0.4, 0.5) is 0 Å². The maximum Gasteiger partial charge on any atom is 0.237 e. The topological polar surface area (TPSA) is 80.5 Å². The molecule has 1 unspecified atom stereocenters. The van der Waals surface area contributed by atoms with Crippen molar-refractivity contribution in [3.8, 4) is 0 Å². The molecule has 0 spiro atoms. The summed E-state index contributed by atoms with van der Waals surface area (Å²) in [4.78, 5) is 13.0. The van der Waals surface area contributed by atoms with Crippen LogP contribution >= 0.6 is 12.4 Å². The number of nitrogens with two attached hydrogens (primary N) is 1. The predicted molar refractivity (Wildman–Crippen MR) is 76.6 cm³/mol. The van der Waals surface area contributed by atoms with Gasteiger partial charge in [0.05, 0.1) is 0 Å². The summed E-state index contributed by atoms with van der Waals surface area (Å²) in [5.74, 6) is -0.407. The van der Waals surface area contributed by atoms with Gasteiger partial charge in [-0.05, 0) is 12.3 Å². The van der Waals surface area contributed by atoms with E-state index in [1.54, 1.807) is 7.05 Å². The van der Waals surface area contributed by atoms with Crippen LogP contribution in [0, 0.1) is 5.92 Å². The van der Waals surface area contributed by atoms with Gasteiger partial charge in [0.15, 0.2) is 9.84 Å². The van der Waals surface area contributed by atoms with E-state index in [2.05, 4.69) is 0 Å². The third kappa shape index (κ3) is 7.89. The fraction of sp³-hybridized carbons (Fsp3) is 0.909. The van der Waals surface area contributed by atoms with Crippen molar-refractivity contribution in [1.82, 2.24) is 4.90 Å². The number of amides is 1. The molecule has 110 valence electrons. The lowest BCUT2D eigenvalue weighted by Gasteiger charge is -2.21. The van der Waals surface area contributed by atoms with Gasteiger partial charge >= 0.3 is 0 Å². The van der Waals surface area contributed by atoms with E-state index < -0.39 is 15.6 Å². The van der Waals surface area contributed by atoms with Crippen LogP contribution in [0.1, 0.15) is 27.2 Å². The fourth-order valence-corrected chi connectivity index (χ4v) is 2.00. The maximum absolute atomic E-state index is 11.6. The Labute approximate surface area is 116 Å². The van der Waals surface area contributed by atoms with Gasteiger partial charge in [-0.3, -0.25) is 4.79 Å². The highest BCUT2D eigenvalue weighted by Gasteiger charge is 2.18. The predicted octanol–water partition coefficient (Wildman–Crippen LogP) is 0.675. The Morgan fingerprint density at radius 1 is 1.33 bits per heavy atom. The zero-order chi connectivity index (χ0) is 13.6. The van der Waals surface area contributed by atoms with Gasteiger partial charge in [0.2, 0.25) is 5.91 Å². The molecule has 1 atom stereocenters. The molecule has 0 saturated heterocycles. The number of carbonyl (C=O) groups excluding carboxylic acids is 1. The van der Waals surface area contributed by atoms with Gasteiger partial charge in [0, 0.05) is 25.4 Å². The minimum Gasteiger partial charge on any atom is -0.345 e. The number of hydrogen-bond donors (Lipinski definition) is 1. The first-order chi connectivity index (χ1) is 7.69. The van der Waals surface area contributed by atoms with E-state index in [0.717, 1.165) is 0 Å². The van der Waals surface area contributed by atoms with E-state index in [4.69, 9.17) is 5.73 Å². The Morgan fingerprint density at radius 2 is 1.83 bits per heavy atom. The molecule has 1 amide bonds. The molecule has 0 aromatic rings. The second kappa shape index (κ2) is 8.72. The first kappa shape index (κ1) is 20.0. The van der Waals surface area contributed by atoms with Crippen molar-refractivity contribution in [2.24, 2.45) is 11.7 Å². The summed E-state index contributed by atoms with van der Waals surface area (Å²) in [6.07, 6.45) is 0.687. The smallest absolute Gasteiger partial charge is 0.237 e. The Hall–Kier alpha value is -0.330. The third-order valence-electron chi connectivity index (χ3n) is 2.86. The zero-order valence-corrected chi connectivity index (χ0v) is 13.2. The molecule has 0 aromatic heterocycles. The van der Waals surface area contributed by atoms with Crippen molar-refractivity contribution < 1.29 is 13.2 Å². The van der Waals surface area contributed by atoms with Crippen molar-refractivity contribution in [3.63, 3.8) is 0 Å². The standard InChI is InChI=1S/C11H24N2O3S.ClH/c1-5-17(15,16)8-11(14)13(4)7-6-10(12)9(2)3;/h9-10H,5-8,12H2,1-4H3;1H. The van der Waals surface area contributed by atoms with Gasteiger partial charge in [0.25, 0.3) is 0 Å². The number of carbonyl (C=O) groups is 1. The molecule has 0 aliphatic rings. The quantitative estimate of drug-likeness (QED) is 0.749. The Bertz CT molecular complexity index is 344. The van der Waals surface area contributed by atoms with Gasteiger partial charge in [-0.15, -0.1) is 12.4 Å². The van der Waals surface area contributed by atoms with Crippen LogP contribution < -0.4 is 5.73 Å². The van der Waals surface area contributed by atoms with E-state index in [1.807, 2.05) is 13.8 Å².